The largest absolute Gasteiger partial charge is 0.376 e. The second kappa shape index (κ2) is 11.6. The van der Waals surface area contributed by atoms with E-state index in [4.69, 9.17) is 0 Å². The van der Waals surface area contributed by atoms with Crippen LogP contribution in [0.3, 0.4) is 0 Å². The minimum atomic E-state index is -1.49. The van der Waals surface area contributed by atoms with Crippen molar-refractivity contribution in [3.8, 4) is 0 Å². The van der Waals surface area contributed by atoms with Crippen molar-refractivity contribution in [3.05, 3.63) is 83.3 Å². The van der Waals surface area contributed by atoms with Gasteiger partial charge in [0.15, 0.2) is 0 Å². The number of aromatic nitrogens is 1. The number of amides is 1. The predicted octanol–water partition coefficient (Wildman–Crippen LogP) is 3.66. The minimum absolute atomic E-state index is 0.00582. The summed E-state index contributed by atoms with van der Waals surface area (Å²) >= 11 is 0. The summed E-state index contributed by atoms with van der Waals surface area (Å²) in [5.74, 6) is -0.273. The van der Waals surface area contributed by atoms with Gasteiger partial charge in [-0.05, 0) is 48.4 Å². The lowest BCUT2D eigenvalue weighted by Gasteiger charge is -2.34. The van der Waals surface area contributed by atoms with Crippen LogP contribution in [-0.2, 0) is 16.8 Å². The minimum Gasteiger partial charge on any atom is -0.376 e. The molecular weight excluding hydrogens is 457 g/mol. The van der Waals surface area contributed by atoms with E-state index in [1.165, 1.54) is 6.07 Å². The maximum absolute atomic E-state index is 13.8. The Morgan fingerprint density at radius 2 is 1.92 bits per heavy atom. The number of rotatable bonds is 9. The lowest BCUT2D eigenvalue weighted by Crippen LogP contribution is -2.45. The van der Waals surface area contributed by atoms with Crippen LogP contribution in [0, 0.1) is 0 Å². The van der Waals surface area contributed by atoms with Crippen LogP contribution in [0.5, 0.6) is 0 Å². The van der Waals surface area contributed by atoms with Gasteiger partial charge in [-0.15, -0.1) is 0 Å². The highest BCUT2D eigenvalue weighted by molar-refractivity contribution is 5.96. The second-order valence-electron chi connectivity index (χ2n) is 9.61. The van der Waals surface area contributed by atoms with Gasteiger partial charge in [-0.25, -0.2) is 0 Å². The molecule has 1 aliphatic heterocycles. The van der Waals surface area contributed by atoms with E-state index in [9.17, 15) is 14.0 Å². The first-order valence-corrected chi connectivity index (χ1v) is 12.5. The third-order valence-electron chi connectivity index (χ3n) is 7.06. The van der Waals surface area contributed by atoms with Crippen molar-refractivity contribution < 1.29 is 14.0 Å². The molecule has 0 bridgehead atoms. The van der Waals surface area contributed by atoms with E-state index in [-0.39, 0.29) is 23.4 Å². The maximum Gasteiger partial charge on any atom is 0.332 e. The zero-order chi connectivity index (χ0) is 25.5. The predicted molar refractivity (Wildman–Crippen MR) is 139 cm³/mol. The molecule has 2 aliphatic rings. The molecule has 1 unspecified atom stereocenters. The number of hydrogen-bond acceptors (Lipinski definition) is 6. The van der Waals surface area contributed by atoms with Gasteiger partial charge in [0.25, 0.3) is 0 Å². The number of halogens is 1. The number of pyridine rings is 1. The first-order valence-electron chi connectivity index (χ1n) is 12.5. The summed E-state index contributed by atoms with van der Waals surface area (Å²) in [4.78, 5) is 33.0. The SMILES string of the molecule is CCN1CCN(Cc2ccc(NC(=O)CNC3=CCC(C)(c4cccnc4)C=C3)cc2C(=O)F)CC1. The van der Waals surface area contributed by atoms with Crippen LogP contribution < -0.4 is 10.6 Å². The van der Waals surface area contributed by atoms with E-state index in [2.05, 4.69) is 57.5 Å². The molecule has 36 heavy (non-hydrogen) atoms. The highest BCUT2D eigenvalue weighted by Gasteiger charge is 2.25. The summed E-state index contributed by atoms with van der Waals surface area (Å²) in [5, 5.41) is 5.90. The Balaban J connectivity index is 1.31. The third-order valence-corrected chi connectivity index (χ3v) is 7.06. The molecule has 7 nitrogen and oxygen atoms in total. The molecule has 2 heterocycles. The van der Waals surface area contributed by atoms with Crippen molar-refractivity contribution in [2.45, 2.75) is 32.2 Å². The molecular formula is C28H34FN5O2. The van der Waals surface area contributed by atoms with Crippen LogP contribution in [0.1, 0.15) is 41.8 Å². The lowest BCUT2D eigenvalue weighted by atomic mass is 9.77. The molecule has 1 amide bonds. The number of carbonyl (C=O) groups excluding carboxylic acids is 2. The van der Waals surface area contributed by atoms with Gasteiger partial charge in [0, 0.05) is 61.9 Å². The number of hydrogen-bond donors (Lipinski definition) is 2. The van der Waals surface area contributed by atoms with Gasteiger partial charge in [-0.3, -0.25) is 19.5 Å². The summed E-state index contributed by atoms with van der Waals surface area (Å²) in [6.07, 6.45) is 10.6. The molecule has 1 aromatic carbocycles. The second-order valence-corrected chi connectivity index (χ2v) is 9.61. The number of nitrogens with zero attached hydrogens (tertiary/aromatic N) is 3. The topological polar surface area (TPSA) is 77.6 Å². The Labute approximate surface area is 212 Å². The quantitative estimate of drug-likeness (QED) is 0.522. The van der Waals surface area contributed by atoms with Gasteiger partial charge in [0.1, 0.15) is 0 Å². The number of piperazine rings is 1. The first-order chi connectivity index (χ1) is 17.4. The van der Waals surface area contributed by atoms with Crippen molar-refractivity contribution in [2.75, 3.05) is 44.6 Å². The molecule has 1 fully saturated rings. The average molecular weight is 492 g/mol. The summed E-state index contributed by atoms with van der Waals surface area (Å²) < 4.78 is 13.8. The molecule has 4 rings (SSSR count). The van der Waals surface area contributed by atoms with Crippen LogP contribution >= 0.6 is 0 Å². The van der Waals surface area contributed by atoms with E-state index >= 15 is 0 Å². The molecule has 8 heteroatoms. The van der Waals surface area contributed by atoms with Crippen molar-refractivity contribution >= 4 is 17.6 Å². The average Bonchev–Trinajstić information content (AvgIpc) is 2.90. The van der Waals surface area contributed by atoms with Gasteiger partial charge in [-0.1, -0.05) is 38.1 Å². The van der Waals surface area contributed by atoms with Crippen molar-refractivity contribution in [3.63, 3.8) is 0 Å². The smallest absolute Gasteiger partial charge is 0.332 e. The van der Waals surface area contributed by atoms with Crippen molar-refractivity contribution in [1.29, 1.82) is 0 Å². The van der Waals surface area contributed by atoms with Gasteiger partial charge in [0.2, 0.25) is 5.91 Å². The van der Waals surface area contributed by atoms with Crippen molar-refractivity contribution in [1.82, 2.24) is 20.1 Å². The number of likely N-dealkylation sites (N-methyl/N-ethyl adjacent to an activating group) is 1. The number of allylic oxidation sites excluding steroid dienone is 3. The Morgan fingerprint density at radius 1 is 1.14 bits per heavy atom. The van der Waals surface area contributed by atoms with Crippen LogP contribution in [0.4, 0.5) is 10.1 Å². The normalized spacial score (nSPS) is 20.6. The first kappa shape index (κ1) is 25.7. The lowest BCUT2D eigenvalue weighted by molar-refractivity contribution is -0.115. The van der Waals surface area contributed by atoms with Crippen molar-refractivity contribution in [2.24, 2.45) is 0 Å². The highest BCUT2D eigenvalue weighted by Crippen LogP contribution is 2.32. The summed E-state index contributed by atoms with van der Waals surface area (Å²) in [6.45, 7) is 9.56. The van der Waals surface area contributed by atoms with E-state index in [1.807, 2.05) is 18.3 Å². The van der Waals surface area contributed by atoms with E-state index in [1.54, 1.807) is 18.3 Å². The Kier molecular flexibility index (Phi) is 8.28. The Morgan fingerprint density at radius 3 is 2.56 bits per heavy atom. The molecule has 1 atom stereocenters. The molecule has 0 saturated carbocycles. The van der Waals surface area contributed by atoms with E-state index in [0.717, 1.165) is 50.4 Å². The Hall–Kier alpha value is -3.36. The van der Waals surface area contributed by atoms with E-state index < -0.39 is 6.04 Å². The summed E-state index contributed by atoms with van der Waals surface area (Å²) in [7, 11) is 0. The number of carbonyl (C=O) groups is 2. The Bertz CT molecular complexity index is 1140. The fraction of sp³-hybridized carbons (Fsp3) is 0.393. The van der Waals surface area contributed by atoms with Crippen LogP contribution in [-0.4, -0.2) is 66.0 Å². The molecule has 0 radical (unpaired) electrons. The maximum atomic E-state index is 13.8. The van der Waals surface area contributed by atoms with E-state index in [0.29, 0.717) is 17.8 Å². The van der Waals surface area contributed by atoms with Crippen LogP contribution in [0.2, 0.25) is 0 Å². The highest BCUT2D eigenvalue weighted by atomic mass is 19.1. The number of anilines is 1. The van der Waals surface area contributed by atoms with Crippen LogP contribution in [0.25, 0.3) is 0 Å². The number of benzene rings is 1. The third kappa shape index (κ3) is 6.44. The van der Waals surface area contributed by atoms with Gasteiger partial charge in [-0.2, -0.15) is 4.39 Å². The molecule has 2 N–H and O–H groups in total. The number of nitrogens with one attached hydrogen (secondary N) is 2. The van der Waals surface area contributed by atoms with Gasteiger partial charge < -0.3 is 15.5 Å². The molecule has 190 valence electrons. The molecule has 1 aliphatic carbocycles. The van der Waals surface area contributed by atoms with Gasteiger partial charge in [0.05, 0.1) is 12.1 Å². The van der Waals surface area contributed by atoms with Gasteiger partial charge >= 0.3 is 6.04 Å². The zero-order valence-corrected chi connectivity index (χ0v) is 21.0. The standard InChI is InChI=1S/C28H34FN5O2/c1-3-33-13-15-34(16-14-33)20-21-6-7-24(17-25(21)27(29)36)32-26(35)19-31-23-8-10-28(2,11-9-23)22-5-4-12-30-18-22/h4-10,12,17-18,31H,3,11,13-16,19-20H2,1-2H3,(H,32,35). The summed E-state index contributed by atoms with van der Waals surface area (Å²) in [5.41, 5.74) is 2.91. The molecule has 2 aromatic rings. The monoisotopic (exact) mass is 491 g/mol. The fourth-order valence-electron chi connectivity index (χ4n) is 4.64. The fourth-order valence-corrected chi connectivity index (χ4v) is 4.64. The molecule has 0 spiro atoms. The molecule has 1 aromatic heterocycles. The zero-order valence-electron chi connectivity index (χ0n) is 21.0. The van der Waals surface area contributed by atoms with Crippen LogP contribution in [0.15, 0.2) is 66.7 Å². The summed E-state index contributed by atoms with van der Waals surface area (Å²) in [6, 6.07) is 7.38. The molecule has 1 saturated heterocycles.